The Kier molecular flexibility index (Phi) is 3.81. The Morgan fingerprint density at radius 2 is 2.00 bits per heavy atom. The zero-order valence-electron chi connectivity index (χ0n) is 8.82. The Morgan fingerprint density at radius 3 is 2.71 bits per heavy atom. The third-order valence-electron chi connectivity index (χ3n) is 2.14. The predicted molar refractivity (Wildman–Crippen MR) is 72.9 cm³/mol. The molecular formula is C11H10BrClN4. The molecule has 1 aromatic heterocycles. The molecule has 0 unspecified atom stereocenters. The number of anilines is 2. The molecule has 4 nitrogen and oxygen atoms in total. The fourth-order valence-corrected chi connectivity index (χ4v) is 1.71. The smallest absolute Gasteiger partial charge is 0.222 e. The van der Waals surface area contributed by atoms with Crippen LogP contribution in [0.3, 0.4) is 0 Å². The quantitative estimate of drug-likeness (QED) is 0.914. The van der Waals surface area contributed by atoms with E-state index in [0.717, 1.165) is 10.0 Å². The van der Waals surface area contributed by atoms with Gasteiger partial charge in [-0.2, -0.15) is 4.98 Å². The molecule has 0 aliphatic rings. The summed E-state index contributed by atoms with van der Waals surface area (Å²) in [5, 5.41) is 3.57. The van der Waals surface area contributed by atoms with Crippen LogP contribution in [-0.4, -0.2) is 9.97 Å². The maximum Gasteiger partial charge on any atom is 0.222 e. The van der Waals surface area contributed by atoms with E-state index in [1.165, 1.54) is 6.20 Å². The van der Waals surface area contributed by atoms with Crippen molar-refractivity contribution in [2.75, 3.05) is 11.1 Å². The van der Waals surface area contributed by atoms with Gasteiger partial charge in [0.2, 0.25) is 5.95 Å². The Bertz CT molecular complexity index is 515. The van der Waals surface area contributed by atoms with Crippen LogP contribution in [0.2, 0.25) is 5.02 Å². The van der Waals surface area contributed by atoms with E-state index in [-0.39, 0.29) is 5.95 Å². The Hall–Kier alpha value is -1.33. The van der Waals surface area contributed by atoms with Crippen LogP contribution in [0.15, 0.2) is 34.9 Å². The predicted octanol–water partition coefficient (Wildman–Crippen LogP) is 3.09. The van der Waals surface area contributed by atoms with Crippen molar-refractivity contribution in [2.24, 2.45) is 0 Å². The molecule has 0 radical (unpaired) electrons. The minimum atomic E-state index is 0.202. The minimum Gasteiger partial charge on any atom is -0.368 e. The van der Waals surface area contributed by atoms with Gasteiger partial charge in [-0.1, -0.05) is 39.7 Å². The fraction of sp³-hybridized carbons (Fsp3) is 0.0909. The number of nitrogen functional groups attached to an aromatic ring is 1. The number of nitrogens with zero attached hydrogens (tertiary/aromatic N) is 2. The van der Waals surface area contributed by atoms with Crippen LogP contribution in [0.4, 0.5) is 11.8 Å². The molecule has 0 saturated carbocycles. The maximum atomic E-state index is 5.94. The molecule has 0 aliphatic carbocycles. The number of halogens is 2. The van der Waals surface area contributed by atoms with Crippen molar-refractivity contribution < 1.29 is 0 Å². The van der Waals surface area contributed by atoms with E-state index >= 15 is 0 Å². The van der Waals surface area contributed by atoms with Crippen molar-refractivity contribution in [1.29, 1.82) is 0 Å². The van der Waals surface area contributed by atoms with Crippen molar-refractivity contribution >= 4 is 39.3 Å². The van der Waals surface area contributed by atoms with Gasteiger partial charge in [0.15, 0.2) is 5.82 Å². The number of aromatic nitrogens is 2. The summed E-state index contributed by atoms with van der Waals surface area (Å²) in [5.74, 6) is 0.745. The number of hydrogen-bond acceptors (Lipinski definition) is 4. The maximum absolute atomic E-state index is 5.94. The molecule has 6 heteroatoms. The van der Waals surface area contributed by atoms with Crippen LogP contribution >= 0.6 is 27.5 Å². The SMILES string of the molecule is Nc1ncc(Cl)c(NCc2ccc(Br)cc2)n1. The van der Waals surface area contributed by atoms with Crippen molar-refractivity contribution in [2.45, 2.75) is 6.54 Å². The number of nitrogens with two attached hydrogens (primary N) is 1. The number of nitrogens with one attached hydrogen (secondary N) is 1. The zero-order valence-corrected chi connectivity index (χ0v) is 11.2. The molecule has 0 atom stereocenters. The first kappa shape index (κ1) is 12.1. The summed E-state index contributed by atoms with van der Waals surface area (Å²) >= 11 is 9.32. The molecule has 1 heterocycles. The topological polar surface area (TPSA) is 63.8 Å². The van der Waals surface area contributed by atoms with Gasteiger partial charge in [-0.3, -0.25) is 0 Å². The standard InChI is InChI=1S/C11H10BrClN4/c12-8-3-1-7(2-4-8)5-15-10-9(13)6-16-11(14)17-10/h1-4,6H,5H2,(H3,14,15,16,17). The van der Waals surface area contributed by atoms with Crippen LogP contribution in [0, 0.1) is 0 Å². The summed E-state index contributed by atoms with van der Waals surface area (Å²) in [6.07, 6.45) is 1.48. The third kappa shape index (κ3) is 3.31. The molecule has 1 aromatic carbocycles. The van der Waals surface area contributed by atoms with Gasteiger partial charge in [0, 0.05) is 11.0 Å². The average Bonchev–Trinajstić information content (AvgIpc) is 2.32. The monoisotopic (exact) mass is 312 g/mol. The second kappa shape index (κ2) is 5.33. The lowest BCUT2D eigenvalue weighted by atomic mass is 10.2. The fourth-order valence-electron chi connectivity index (χ4n) is 1.29. The van der Waals surface area contributed by atoms with E-state index in [4.69, 9.17) is 17.3 Å². The normalized spacial score (nSPS) is 10.2. The Morgan fingerprint density at radius 1 is 1.29 bits per heavy atom. The van der Waals surface area contributed by atoms with E-state index < -0.39 is 0 Å². The first-order valence-corrected chi connectivity index (χ1v) is 6.08. The molecule has 0 amide bonds. The summed E-state index contributed by atoms with van der Waals surface area (Å²) in [6.45, 7) is 0.628. The summed E-state index contributed by atoms with van der Waals surface area (Å²) < 4.78 is 1.05. The van der Waals surface area contributed by atoms with E-state index in [2.05, 4.69) is 31.2 Å². The van der Waals surface area contributed by atoms with E-state index in [1.807, 2.05) is 24.3 Å². The molecule has 88 valence electrons. The molecular weight excluding hydrogens is 304 g/mol. The van der Waals surface area contributed by atoms with Gasteiger partial charge < -0.3 is 11.1 Å². The van der Waals surface area contributed by atoms with Crippen LogP contribution in [0.5, 0.6) is 0 Å². The second-order valence-corrected chi connectivity index (χ2v) is 4.73. The number of hydrogen-bond donors (Lipinski definition) is 2. The van der Waals surface area contributed by atoms with Crippen LogP contribution in [-0.2, 0) is 6.54 Å². The van der Waals surface area contributed by atoms with Gasteiger partial charge in [-0.05, 0) is 17.7 Å². The van der Waals surface area contributed by atoms with Gasteiger partial charge >= 0.3 is 0 Å². The minimum absolute atomic E-state index is 0.202. The van der Waals surface area contributed by atoms with Crippen molar-refractivity contribution in [1.82, 2.24) is 9.97 Å². The van der Waals surface area contributed by atoms with Gasteiger partial charge in [0.1, 0.15) is 5.02 Å². The summed E-state index contributed by atoms with van der Waals surface area (Å²) in [6, 6.07) is 7.98. The first-order valence-electron chi connectivity index (χ1n) is 4.91. The molecule has 0 aliphatic heterocycles. The lowest BCUT2D eigenvalue weighted by Gasteiger charge is -2.07. The highest BCUT2D eigenvalue weighted by Crippen LogP contribution is 2.19. The van der Waals surface area contributed by atoms with Crippen molar-refractivity contribution in [3.63, 3.8) is 0 Å². The van der Waals surface area contributed by atoms with E-state index in [9.17, 15) is 0 Å². The van der Waals surface area contributed by atoms with Crippen LogP contribution in [0.1, 0.15) is 5.56 Å². The lowest BCUT2D eigenvalue weighted by molar-refractivity contribution is 1.09. The molecule has 2 rings (SSSR count). The highest BCUT2D eigenvalue weighted by atomic mass is 79.9. The molecule has 17 heavy (non-hydrogen) atoms. The van der Waals surface area contributed by atoms with Gasteiger partial charge in [0.05, 0.1) is 6.20 Å². The highest BCUT2D eigenvalue weighted by molar-refractivity contribution is 9.10. The molecule has 2 aromatic rings. The second-order valence-electron chi connectivity index (χ2n) is 3.40. The summed E-state index contributed by atoms with van der Waals surface area (Å²) in [7, 11) is 0. The van der Waals surface area contributed by atoms with Crippen LogP contribution in [0.25, 0.3) is 0 Å². The molecule has 0 fully saturated rings. The number of rotatable bonds is 3. The molecule has 0 bridgehead atoms. The number of benzene rings is 1. The Labute approximate surface area is 112 Å². The average molecular weight is 314 g/mol. The molecule has 3 N–H and O–H groups in total. The van der Waals surface area contributed by atoms with Gasteiger partial charge in [0.25, 0.3) is 0 Å². The Balaban J connectivity index is 2.07. The highest BCUT2D eigenvalue weighted by Gasteiger charge is 2.03. The van der Waals surface area contributed by atoms with Crippen molar-refractivity contribution in [3.05, 3.63) is 45.5 Å². The third-order valence-corrected chi connectivity index (χ3v) is 2.94. The lowest BCUT2D eigenvalue weighted by Crippen LogP contribution is -2.04. The molecule has 0 saturated heterocycles. The van der Waals surface area contributed by atoms with Gasteiger partial charge in [-0.25, -0.2) is 4.98 Å². The summed E-state index contributed by atoms with van der Waals surface area (Å²) in [5.41, 5.74) is 6.62. The van der Waals surface area contributed by atoms with E-state index in [0.29, 0.717) is 17.4 Å². The van der Waals surface area contributed by atoms with Crippen LogP contribution < -0.4 is 11.1 Å². The van der Waals surface area contributed by atoms with Gasteiger partial charge in [-0.15, -0.1) is 0 Å². The zero-order chi connectivity index (χ0) is 12.3. The first-order chi connectivity index (χ1) is 8.15. The summed E-state index contributed by atoms with van der Waals surface area (Å²) in [4.78, 5) is 7.81. The molecule has 0 spiro atoms. The van der Waals surface area contributed by atoms with Crippen molar-refractivity contribution in [3.8, 4) is 0 Å². The largest absolute Gasteiger partial charge is 0.368 e. The van der Waals surface area contributed by atoms with E-state index in [1.54, 1.807) is 0 Å².